The van der Waals surface area contributed by atoms with Gasteiger partial charge in [-0.25, -0.2) is 9.59 Å². The maximum Gasteiger partial charge on any atom is 1.00 e. The third-order valence-corrected chi connectivity index (χ3v) is 12.6. The summed E-state index contributed by atoms with van der Waals surface area (Å²) in [6.07, 6.45) is -2.61. The number of hydrogen-bond donors (Lipinski definition) is 10. The molecule has 6 rings (SSSR count). The normalized spacial score (nSPS) is 23.0. The number of fused-ring (bicyclic) bond motifs is 1. The van der Waals surface area contributed by atoms with Crippen LogP contribution in [0.3, 0.4) is 0 Å². The van der Waals surface area contributed by atoms with Crippen LogP contribution in [0.2, 0.25) is 0 Å². The molecular weight excluding hydrogens is 918 g/mol. The van der Waals surface area contributed by atoms with E-state index in [0.29, 0.717) is 28.7 Å². The molecule has 0 spiro atoms. The second-order valence-corrected chi connectivity index (χ2v) is 17.1. The van der Waals surface area contributed by atoms with Gasteiger partial charge in [0.05, 0.1) is 37.8 Å². The Kier molecular flexibility index (Phi) is 20.6. The summed E-state index contributed by atoms with van der Waals surface area (Å²) < 4.78 is 11.8. The van der Waals surface area contributed by atoms with Crippen molar-refractivity contribution >= 4 is 59.3 Å². The zero-order chi connectivity index (χ0) is 47.2. The number of carbonyl (C=O) groups excluding carboxylic acids is 6. The van der Waals surface area contributed by atoms with Crippen LogP contribution in [-0.2, 0) is 40.0 Å². The van der Waals surface area contributed by atoms with Gasteiger partial charge in [-0.3, -0.25) is 24.0 Å². The van der Waals surface area contributed by atoms with E-state index in [2.05, 4.69) is 37.2 Å². The summed E-state index contributed by atoms with van der Waals surface area (Å²) in [7, 11) is 0. The van der Waals surface area contributed by atoms with E-state index >= 15 is 0 Å². The Morgan fingerprint density at radius 1 is 0.791 bits per heavy atom. The number of aliphatic hydroxyl groups excluding tert-OH is 2. The largest absolute Gasteiger partial charge is 1.00 e. The van der Waals surface area contributed by atoms with E-state index in [4.69, 9.17) is 9.47 Å². The van der Waals surface area contributed by atoms with Gasteiger partial charge in [-0.2, -0.15) is 11.8 Å². The fourth-order valence-electron chi connectivity index (χ4n) is 7.47. The Hall–Kier alpha value is -4.88. The smallest absolute Gasteiger partial charge is 0.872 e. The van der Waals surface area contributed by atoms with E-state index in [9.17, 15) is 54.0 Å². The van der Waals surface area contributed by atoms with Crippen LogP contribution >= 0.6 is 11.8 Å². The maximum absolute atomic E-state index is 12.9. The molecule has 0 saturated carbocycles. The summed E-state index contributed by atoms with van der Waals surface area (Å²) in [5.74, 6) is -4.16. The number of carbonyl (C=O) groups is 7. The van der Waals surface area contributed by atoms with Crippen LogP contribution < -0.4 is 93.7 Å². The first-order valence-electron chi connectivity index (χ1n) is 21.3. The number of ketones is 1. The van der Waals surface area contributed by atoms with Gasteiger partial charge in [0.2, 0.25) is 35.7 Å². The topological polar surface area (TPSA) is 306 Å². The molecule has 3 aromatic carbocycles. The molecule has 3 heterocycles. The monoisotopic (exact) mass is 969 g/mol. The molecule has 67 heavy (non-hydrogen) atoms. The first-order valence-corrected chi connectivity index (χ1v) is 22.4. The molecule has 0 radical (unpaired) electrons. The van der Waals surface area contributed by atoms with Gasteiger partial charge in [0.15, 0.2) is 5.78 Å². The van der Waals surface area contributed by atoms with Gasteiger partial charge in [0, 0.05) is 41.6 Å². The van der Waals surface area contributed by atoms with Crippen LogP contribution in [0.4, 0.5) is 4.79 Å². The first-order chi connectivity index (χ1) is 31.7. The summed E-state index contributed by atoms with van der Waals surface area (Å²) in [5, 5.41) is 62.9. The second-order valence-electron chi connectivity index (χ2n) is 15.8. The number of unbranched alkanes of at least 4 members (excludes halogenated alkanes) is 1. The van der Waals surface area contributed by atoms with Crippen molar-refractivity contribution in [1.82, 2.24) is 37.2 Å². The second kappa shape index (κ2) is 26.0. The summed E-state index contributed by atoms with van der Waals surface area (Å²) in [4.78, 5) is 86.4. The predicted molar refractivity (Wildman–Crippen MR) is 236 cm³/mol. The number of carboxylic acid groups (broad SMARTS) is 1. The Morgan fingerprint density at radius 2 is 1.42 bits per heavy atom. The number of carboxylic acids is 1. The van der Waals surface area contributed by atoms with Crippen molar-refractivity contribution in [3.05, 3.63) is 107 Å². The van der Waals surface area contributed by atoms with E-state index in [1.54, 1.807) is 66.4 Å². The van der Waals surface area contributed by atoms with Crippen LogP contribution in [-0.4, -0.2) is 137 Å². The van der Waals surface area contributed by atoms with Crippen molar-refractivity contribution in [2.45, 2.75) is 80.2 Å². The van der Waals surface area contributed by atoms with Crippen LogP contribution in [0.15, 0.2) is 84.6 Å². The van der Waals surface area contributed by atoms with Gasteiger partial charge in [-0.15, -0.1) is 5.75 Å². The van der Waals surface area contributed by atoms with Crippen molar-refractivity contribution < 1.29 is 115 Å². The van der Waals surface area contributed by atoms with Crippen LogP contribution in [0, 0.1) is 0 Å². The van der Waals surface area contributed by atoms with E-state index in [-0.39, 0.29) is 112 Å². The maximum atomic E-state index is 12.9. The number of ether oxygens (including phenoxy) is 2. The van der Waals surface area contributed by atoms with Gasteiger partial charge in [-0.05, 0) is 30.0 Å². The van der Waals surface area contributed by atoms with Gasteiger partial charge < -0.3 is 67.1 Å². The van der Waals surface area contributed by atoms with Crippen LogP contribution in [0.5, 0.6) is 5.75 Å². The van der Waals surface area contributed by atoms with E-state index in [1.807, 2.05) is 0 Å². The summed E-state index contributed by atoms with van der Waals surface area (Å²) >= 11 is 1.79. The molecule has 3 aromatic rings. The molecule has 0 aromatic heterocycles. The Labute approximate surface area is 432 Å². The number of amides is 6. The predicted octanol–water partition coefficient (Wildman–Crippen LogP) is -3.77. The number of thioether (sulfide) groups is 1. The average molecular weight is 970 g/mol. The van der Waals surface area contributed by atoms with Crippen LogP contribution in [0.25, 0.3) is 6.08 Å². The molecule has 0 unspecified atom stereocenters. The van der Waals surface area contributed by atoms with Gasteiger partial charge in [0.1, 0.15) is 18.3 Å². The minimum Gasteiger partial charge on any atom is -0.872 e. The molecule has 6 amide bonds. The van der Waals surface area contributed by atoms with Crippen molar-refractivity contribution in [3.63, 3.8) is 0 Å². The zero-order valence-corrected chi connectivity index (χ0v) is 40.5. The average Bonchev–Trinajstić information content (AvgIpc) is 3.88. The van der Waals surface area contributed by atoms with E-state index in [1.165, 1.54) is 24.3 Å². The standard InChI is InChI=1S/C45H53N7O13S.K/c53-29-16-12-25(13-17-29)18-31(43(61)62)64-44-39(50-19-26-10-14-28(15-11-26)40(58)27-6-2-1-3-7-27)42(60)41(59)32(65-44)20-46-35(55)22-48-37(57)23-49-36(56)21-47-34(54)9-5-4-8-33-38-30(24-66-33)51-45(63)52-38;/h1-3,6-7,10-18,30,32-33,38-39,41-42,44,50,53,59-60H,4-5,8-9,19-24H2,(H,46,55)(H,47,54)(H,48,57)(H,49,56)(H,61,62)(H2,51,52,63);/q;+1/p-1/b31-18-;/t30-,32+,33-,38-,39+,41-,42+,44+;/m0./s1. The number of nitrogens with one attached hydrogen (secondary N) is 7. The number of rotatable bonds is 22. The molecule has 20 nitrogen and oxygen atoms in total. The minimum atomic E-state index is -1.64. The zero-order valence-electron chi connectivity index (χ0n) is 36.6. The summed E-state index contributed by atoms with van der Waals surface area (Å²) in [6.45, 7) is -1.76. The third kappa shape index (κ3) is 15.8. The first kappa shape index (κ1) is 53.1. The number of hydrogen-bond acceptors (Lipinski definition) is 14. The Bertz CT molecular complexity index is 2240. The number of benzene rings is 3. The molecule has 0 bridgehead atoms. The van der Waals surface area contributed by atoms with Gasteiger partial charge >= 0.3 is 63.4 Å². The molecule has 8 atom stereocenters. The summed E-state index contributed by atoms with van der Waals surface area (Å²) in [6, 6.07) is 19.4. The fourth-order valence-corrected chi connectivity index (χ4v) is 9.01. The number of aliphatic hydroxyl groups is 2. The molecule has 3 saturated heterocycles. The minimum absolute atomic E-state index is 0. The van der Waals surface area contributed by atoms with Gasteiger partial charge in [-0.1, -0.05) is 85.3 Å². The van der Waals surface area contributed by atoms with Crippen molar-refractivity contribution in [2.24, 2.45) is 0 Å². The van der Waals surface area contributed by atoms with E-state index in [0.717, 1.165) is 24.7 Å². The molecule has 3 fully saturated rings. The van der Waals surface area contributed by atoms with Crippen molar-refractivity contribution in [3.8, 4) is 5.75 Å². The molecule has 3 aliphatic heterocycles. The number of aliphatic carboxylic acids is 1. The molecule has 10 N–H and O–H groups in total. The third-order valence-electron chi connectivity index (χ3n) is 11.0. The molecule has 0 aliphatic carbocycles. The molecule has 352 valence electrons. The Morgan fingerprint density at radius 3 is 2.07 bits per heavy atom. The van der Waals surface area contributed by atoms with Crippen LogP contribution in [0.1, 0.15) is 52.7 Å². The quantitative estimate of drug-likeness (QED) is 0.0116. The van der Waals surface area contributed by atoms with Gasteiger partial charge in [0.25, 0.3) is 0 Å². The summed E-state index contributed by atoms with van der Waals surface area (Å²) in [5.41, 5.74) is 1.92. The van der Waals surface area contributed by atoms with Crippen molar-refractivity contribution in [2.75, 3.05) is 31.9 Å². The van der Waals surface area contributed by atoms with E-state index < -0.39 is 79.7 Å². The molecule has 22 heteroatoms. The Balaban J connectivity index is 0.00000840. The molecule has 3 aliphatic rings. The van der Waals surface area contributed by atoms with Crippen molar-refractivity contribution in [1.29, 1.82) is 0 Å². The molecular formula is C45H52KN7O13S. The number of urea groups is 1. The fraction of sp³-hybridized carbons (Fsp3) is 0.400. The SMILES string of the molecule is O=C(CCCC[C@@H]1SC[C@@H]2NC(=O)N[C@@H]21)NCC(=O)NCC(=O)NCC(=O)NC[C@H]1O[C@@H](O/C(=C\c2ccc([O-])cc2)C(=O)O)[C@H](NCc2ccc(C(=O)c3ccccc3)cc2)[C@@H](O)[C@H]1O.[K+].